The van der Waals surface area contributed by atoms with Gasteiger partial charge in [-0.3, -0.25) is 10.1 Å². The SMILES string of the molecule is O=C(Nc1ccc2c(c1)CCCN2C(=O)c1cccs1)OCc1ccccc1. The summed E-state index contributed by atoms with van der Waals surface area (Å²) in [6, 6.07) is 18.9. The fraction of sp³-hybridized carbons (Fsp3) is 0.182. The fourth-order valence-corrected chi connectivity index (χ4v) is 3.97. The van der Waals surface area contributed by atoms with E-state index < -0.39 is 6.09 Å². The number of aryl methyl sites for hydroxylation is 1. The van der Waals surface area contributed by atoms with Gasteiger partial charge in [-0.05, 0) is 53.6 Å². The number of anilines is 2. The number of hydrogen-bond donors (Lipinski definition) is 1. The lowest BCUT2D eigenvalue weighted by atomic mass is 10.0. The van der Waals surface area contributed by atoms with Crippen LogP contribution in [0.1, 0.15) is 27.2 Å². The first kappa shape index (κ1) is 18.3. The van der Waals surface area contributed by atoms with Crippen molar-refractivity contribution in [2.24, 2.45) is 0 Å². The van der Waals surface area contributed by atoms with E-state index in [1.807, 2.05) is 70.9 Å². The number of hydrogen-bond acceptors (Lipinski definition) is 4. The average molecular weight is 392 g/mol. The summed E-state index contributed by atoms with van der Waals surface area (Å²) in [5, 5.41) is 4.68. The van der Waals surface area contributed by atoms with Gasteiger partial charge in [0.1, 0.15) is 6.61 Å². The first-order chi connectivity index (χ1) is 13.7. The predicted molar refractivity (Wildman–Crippen MR) is 111 cm³/mol. The minimum atomic E-state index is -0.494. The van der Waals surface area contributed by atoms with Gasteiger partial charge in [-0.15, -0.1) is 11.3 Å². The van der Waals surface area contributed by atoms with Crippen LogP contribution in [0.3, 0.4) is 0 Å². The lowest BCUT2D eigenvalue weighted by Crippen LogP contribution is -2.35. The number of thiophene rings is 1. The zero-order chi connectivity index (χ0) is 19.3. The van der Waals surface area contributed by atoms with E-state index in [1.165, 1.54) is 11.3 Å². The van der Waals surface area contributed by atoms with Crippen LogP contribution in [0.15, 0.2) is 66.0 Å². The molecule has 4 rings (SSSR count). The summed E-state index contributed by atoms with van der Waals surface area (Å²) in [6.07, 6.45) is 1.27. The second kappa shape index (κ2) is 8.27. The molecule has 0 saturated carbocycles. The van der Waals surface area contributed by atoms with Crippen molar-refractivity contribution in [2.75, 3.05) is 16.8 Å². The molecule has 0 fully saturated rings. The number of fused-ring (bicyclic) bond motifs is 1. The highest BCUT2D eigenvalue weighted by Gasteiger charge is 2.24. The van der Waals surface area contributed by atoms with Gasteiger partial charge in [-0.1, -0.05) is 36.4 Å². The van der Waals surface area contributed by atoms with Crippen LogP contribution in [0.5, 0.6) is 0 Å². The Bertz CT molecular complexity index is 971. The summed E-state index contributed by atoms with van der Waals surface area (Å²) in [7, 11) is 0. The molecule has 5 nitrogen and oxygen atoms in total. The Kier molecular flexibility index (Phi) is 5.39. The van der Waals surface area contributed by atoms with Crippen LogP contribution in [0.2, 0.25) is 0 Å². The van der Waals surface area contributed by atoms with E-state index in [0.717, 1.165) is 34.5 Å². The molecule has 1 aliphatic heterocycles. The quantitative estimate of drug-likeness (QED) is 0.673. The van der Waals surface area contributed by atoms with Gasteiger partial charge >= 0.3 is 6.09 Å². The number of nitrogens with zero attached hydrogens (tertiary/aromatic N) is 1. The molecule has 0 saturated heterocycles. The second-order valence-electron chi connectivity index (χ2n) is 6.57. The zero-order valence-corrected chi connectivity index (χ0v) is 16.1. The molecule has 2 amide bonds. The molecule has 3 aromatic rings. The largest absolute Gasteiger partial charge is 0.444 e. The Balaban J connectivity index is 1.43. The topological polar surface area (TPSA) is 58.6 Å². The molecular formula is C22H20N2O3S. The Morgan fingerprint density at radius 2 is 1.93 bits per heavy atom. The highest BCUT2D eigenvalue weighted by atomic mass is 32.1. The molecule has 2 aromatic carbocycles. The summed E-state index contributed by atoms with van der Waals surface area (Å²) in [6.45, 7) is 0.927. The van der Waals surface area contributed by atoms with E-state index in [-0.39, 0.29) is 12.5 Å². The summed E-state index contributed by atoms with van der Waals surface area (Å²) < 4.78 is 5.27. The third-order valence-electron chi connectivity index (χ3n) is 4.63. The molecule has 2 heterocycles. The number of benzene rings is 2. The molecule has 1 aromatic heterocycles. The molecule has 0 spiro atoms. The minimum absolute atomic E-state index is 0.0268. The molecule has 142 valence electrons. The number of carbonyl (C=O) groups excluding carboxylic acids is 2. The van der Waals surface area contributed by atoms with Gasteiger partial charge in [-0.2, -0.15) is 0 Å². The Labute approximate surface area is 167 Å². The van der Waals surface area contributed by atoms with E-state index in [2.05, 4.69) is 5.32 Å². The third kappa shape index (κ3) is 4.07. The maximum Gasteiger partial charge on any atom is 0.411 e. The standard InChI is InChI=1S/C22H20N2O3S/c25-21(20-9-5-13-28-20)24-12-4-8-17-14-18(10-11-19(17)24)23-22(26)27-15-16-6-2-1-3-7-16/h1-3,5-7,9-11,13-14H,4,8,12,15H2,(H,23,26). The number of ether oxygens (including phenoxy) is 1. The Morgan fingerprint density at radius 1 is 1.07 bits per heavy atom. The van der Waals surface area contributed by atoms with Crippen LogP contribution in [-0.4, -0.2) is 18.5 Å². The van der Waals surface area contributed by atoms with Crippen LogP contribution < -0.4 is 10.2 Å². The van der Waals surface area contributed by atoms with Crippen molar-refractivity contribution in [3.8, 4) is 0 Å². The number of nitrogens with one attached hydrogen (secondary N) is 1. The van der Waals surface area contributed by atoms with Crippen LogP contribution in [-0.2, 0) is 17.8 Å². The molecule has 28 heavy (non-hydrogen) atoms. The van der Waals surface area contributed by atoms with E-state index in [0.29, 0.717) is 12.2 Å². The molecule has 0 radical (unpaired) electrons. The maximum absolute atomic E-state index is 12.8. The van der Waals surface area contributed by atoms with Gasteiger partial charge in [-0.25, -0.2) is 4.79 Å². The van der Waals surface area contributed by atoms with Gasteiger partial charge in [0, 0.05) is 17.9 Å². The predicted octanol–water partition coefficient (Wildman–Crippen LogP) is 5.09. The van der Waals surface area contributed by atoms with Crippen LogP contribution in [0, 0.1) is 0 Å². The minimum Gasteiger partial charge on any atom is -0.444 e. The van der Waals surface area contributed by atoms with Gasteiger partial charge in [0.05, 0.1) is 4.88 Å². The molecule has 0 atom stereocenters. The first-order valence-electron chi connectivity index (χ1n) is 9.17. The van der Waals surface area contributed by atoms with E-state index in [4.69, 9.17) is 4.74 Å². The van der Waals surface area contributed by atoms with Crippen molar-refractivity contribution in [1.29, 1.82) is 0 Å². The van der Waals surface area contributed by atoms with Crippen molar-refractivity contribution in [3.63, 3.8) is 0 Å². The Morgan fingerprint density at radius 3 is 2.71 bits per heavy atom. The number of amides is 2. The molecule has 1 aliphatic rings. The lowest BCUT2D eigenvalue weighted by molar-refractivity contribution is 0.0989. The van der Waals surface area contributed by atoms with Crippen molar-refractivity contribution in [2.45, 2.75) is 19.4 Å². The van der Waals surface area contributed by atoms with Gasteiger partial charge < -0.3 is 9.64 Å². The van der Waals surface area contributed by atoms with Crippen LogP contribution in [0.4, 0.5) is 16.2 Å². The highest BCUT2D eigenvalue weighted by Crippen LogP contribution is 2.31. The molecular weight excluding hydrogens is 372 g/mol. The number of rotatable bonds is 4. The van der Waals surface area contributed by atoms with Crippen molar-refractivity contribution >= 4 is 34.7 Å². The summed E-state index contributed by atoms with van der Waals surface area (Å²) in [5.41, 5.74) is 3.57. The van der Waals surface area contributed by atoms with Gasteiger partial charge in [0.25, 0.3) is 5.91 Å². The fourth-order valence-electron chi connectivity index (χ4n) is 3.30. The lowest BCUT2D eigenvalue weighted by Gasteiger charge is -2.29. The maximum atomic E-state index is 12.8. The van der Waals surface area contributed by atoms with Crippen LogP contribution >= 0.6 is 11.3 Å². The number of carbonyl (C=O) groups is 2. The highest BCUT2D eigenvalue weighted by molar-refractivity contribution is 7.12. The smallest absolute Gasteiger partial charge is 0.411 e. The van der Waals surface area contributed by atoms with Crippen molar-refractivity contribution in [3.05, 3.63) is 82.0 Å². The second-order valence-corrected chi connectivity index (χ2v) is 7.52. The summed E-state index contributed by atoms with van der Waals surface area (Å²) in [4.78, 5) is 27.4. The van der Waals surface area contributed by atoms with Crippen LogP contribution in [0.25, 0.3) is 0 Å². The molecule has 1 N–H and O–H groups in total. The molecule has 6 heteroatoms. The van der Waals surface area contributed by atoms with Crippen molar-refractivity contribution < 1.29 is 14.3 Å². The van der Waals surface area contributed by atoms with Crippen molar-refractivity contribution in [1.82, 2.24) is 0 Å². The van der Waals surface area contributed by atoms with Gasteiger partial charge in [0.15, 0.2) is 0 Å². The van der Waals surface area contributed by atoms with E-state index in [1.54, 1.807) is 0 Å². The Hall–Kier alpha value is -3.12. The molecule has 0 aliphatic carbocycles. The van der Waals surface area contributed by atoms with E-state index >= 15 is 0 Å². The monoisotopic (exact) mass is 392 g/mol. The third-order valence-corrected chi connectivity index (χ3v) is 5.49. The summed E-state index contributed by atoms with van der Waals surface area (Å²) >= 11 is 1.45. The van der Waals surface area contributed by atoms with Gasteiger partial charge in [0.2, 0.25) is 0 Å². The zero-order valence-electron chi connectivity index (χ0n) is 15.3. The summed E-state index contributed by atoms with van der Waals surface area (Å²) in [5.74, 6) is 0.0268. The molecule has 0 unspecified atom stereocenters. The first-order valence-corrected chi connectivity index (χ1v) is 10.0. The van der Waals surface area contributed by atoms with E-state index in [9.17, 15) is 9.59 Å². The molecule has 0 bridgehead atoms. The average Bonchev–Trinajstić information content (AvgIpc) is 3.27. The normalized spacial score (nSPS) is 12.9.